The van der Waals surface area contributed by atoms with Crippen LogP contribution in [0.1, 0.15) is 206 Å². The maximum absolute atomic E-state index is 13.2. The molecule has 1 amide bonds. The second-order valence-electron chi connectivity index (χ2n) is 21.8. The molecule has 2 aliphatic rings. The lowest BCUT2D eigenvalue weighted by atomic mass is 9.97. The zero-order valence-corrected chi connectivity index (χ0v) is 50.4. The fourth-order valence-electron chi connectivity index (χ4n) is 9.56. The van der Waals surface area contributed by atoms with Gasteiger partial charge in [-0.05, 0) is 96.3 Å². The largest absolute Gasteiger partial charge is 0.394 e. The minimum absolute atomic E-state index is 0.258. The summed E-state index contributed by atoms with van der Waals surface area (Å²) in [5, 5.41) is 86.9. The summed E-state index contributed by atoms with van der Waals surface area (Å²) in [5.41, 5.74) is 0. The molecule has 2 saturated heterocycles. The van der Waals surface area contributed by atoms with Crippen LogP contribution >= 0.6 is 0 Å². The highest BCUT2D eigenvalue weighted by atomic mass is 16.7. The van der Waals surface area contributed by atoms with Crippen molar-refractivity contribution in [1.29, 1.82) is 0 Å². The van der Waals surface area contributed by atoms with Gasteiger partial charge in [0, 0.05) is 6.42 Å². The summed E-state index contributed by atoms with van der Waals surface area (Å²) < 4.78 is 22.7. The number of amides is 1. The van der Waals surface area contributed by atoms with E-state index in [2.05, 4.69) is 129 Å². The van der Waals surface area contributed by atoms with E-state index in [4.69, 9.17) is 18.9 Å². The van der Waals surface area contributed by atoms with Crippen molar-refractivity contribution < 1.29 is 64.6 Å². The van der Waals surface area contributed by atoms with E-state index in [1.54, 1.807) is 6.08 Å². The van der Waals surface area contributed by atoms with Crippen LogP contribution in [-0.2, 0) is 23.7 Å². The highest BCUT2D eigenvalue weighted by molar-refractivity contribution is 5.76. The van der Waals surface area contributed by atoms with E-state index in [1.807, 2.05) is 6.08 Å². The van der Waals surface area contributed by atoms with Crippen molar-refractivity contribution in [2.45, 2.75) is 280 Å². The molecule has 0 saturated carbocycles. The average molecular weight is 1150 g/mol. The highest BCUT2D eigenvalue weighted by Crippen LogP contribution is 2.30. The van der Waals surface area contributed by atoms with Crippen LogP contribution in [0.4, 0.5) is 0 Å². The van der Waals surface area contributed by atoms with Crippen LogP contribution < -0.4 is 5.32 Å². The number of rotatable bonds is 49. The third-order valence-corrected chi connectivity index (χ3v) is 14.6. The van der Waals surface area contributed by atoms with Crippen LogP contribution in [0.3, 0.4) is 0 Å². The Labute approximate surface area is 495 Å². The Morgan fingerprint density at radius 3 is 1.34 bits per heavy atom. The van der Waals surface area contributed by atoms with Gasteiger partial charge in [-0.1, -0.05) is 225 Å². The molecule has 0 aliphatic carbocycles. The predicted octanol–water partition coefficient (Wildman–Crippen LogP) is 11.8. The van der Waals surface area contributed by atoms with E-state index in [-0.39, 0.29) is 18.9 Å². The molecule has 14 heteroatoms. The molecule has 12 atom stereocenters. The Hall–Kier alpha value is -3.61. The average Bonchev–Trinajstić information content (AvgIpc) is 3.22. The third-order valence-electron chi connectivity index (χ3n) is 14.6. The molecule has 0 aromatic rings. The lowest BCUT2D eigenvalue weighted by Crippen LogP contribution is -2.65. The van der Waals surface area contributed by atoms with Gasteiger partial charge in [0.25, 0.3) is 0 Å². The van der Waals surface area contributed by atoms with Crippen molar-refractivity contribution in [2.75, 3.05) is 19.8 Å². The molecule has 0 aromatic carbocycles. The van der Waals surface area contributed by atoms with Gasteiger partial charge in [0.2, 0.25) is 5.91 Å². The number of ether oxygens (including phenoxy) is 4. The van der Waals surface area contributed by atoms with E-state index in [0.717, 1.165) is 89.9 Å². The van der Waals surface area contributed by atoms with E-state index < -0.39 is 86.8 Å². The van der Waals surface area contributed by atoms with E-state index in [9.17, 15) is 45.6 Å². The number of unbranched alkanes of at least 4 members (excludes halogenated alkanes) is 18. The molecule has 0 spiro atoms. The molecule has 0 radical (unpaired) electrons. The van der Waals surface area contributed by atoms with Gasteiger partial charge < -0.3 is 65.1 Å². The summed E-state index contributed by atoms with van der Waals surface area (Å²) in [7, 11) is 0. The van der Waals surface area contributed by atoms with Gasteiger partial charge in [-0.15, -0.1) is 0 Å². The van der Waals surface area contributed by atoms with Crippen molar-refractivity contribution in [3.05, 3.63) is 122 Å². The first-order chi connectivity index (χ1) is 40.1. The van der Waals surface area contributed by atoms with Gasteiger partial charge in [0.05, 0.1) is 32.0 Å². The van der Waals surface area contributed by atoms with Crippen molar-refractivity contribution >= 4 is 5.91 Å². The normalized spacial score (nSPS) is 24.8. The Bertz CT molecular complexity index is 1840. The summed E-state index contributed by atoms with van der Waals surface area (Å²) in [6.45, 7) is 2.61. The van der Waals surface area contributed by atoms with Crippen molar-refractivity contribution in [3.63, 3.8) is 0 Å². The molecule has 2 fully saturated rings. The molecule has 12 unspecified atom stereocenters. The van der Waals surface area contributed by atoms with Crippen LogP contribution in [0.2, 0.25) is 0 Å². The van der Waals surface area contributed by atoms with Crippen LogP contribution in [0.5, 0.6) is 0 Å². The van der Waals surface area contributed by atoms with E-state index in [0.29, 0.717) is 12.8 Å². The second kappa shape index (κ2) is 51.8. The predicted molar refractivity (Wildman–Crippen MR) is 332 cm³/mol. The zero-order chi connectivity index (χ0) is 59.5. The number of carbonyl (C=O) groups is 1. The first-order valence-electron chi connectivity index (χ1n) is 31.8. The molecular formula is C68H113NO13. The minimum Gasteiger partial charge on any atom is -0.394 e. The number of carbonyl (C=O) groups excluding carboxylic acids is 1. The minimum atomic E-state index is -1.80. The molecule has 0 bridgehead atoms. The Morgan fingerprint density at radius 2 is 0.854 bits per heavy atom. The summed E-state index contributed by atoms with van der Waals surface area (Å²) in [6, 6.07) is -0.938. The number of aliphatic hydroxyl groups excluding tert-OH is 8. The van der Waals surface area contributed by atoms with Gasteiger partial charge >= 0.3 is 0 Å². The molecule has 82 heavy (non-hydrogen) atoms. The van der Waals surface area contributed by atoms with Gasteiger partial charge in [0.15, 0.2) is 12.6 Å². The Kier molecular flexibility index (Phi) is 47.0. The molecule has 0 aromatic heterocycles. The number of hydrogen-bond acceptors (Lipinski definition) is 13. The van der Waals surface area contributed by atoms with Gasteiger partial charge in [-0.3, -0.25) is 4.79 Å². The van der Waals surface area contributed by atoms with Crippen molar-refractivity contribution in [1.82, 2.24) is 5.32 Å². The van der Waals surface area contributed by atoms with Crippen molar-refractivity contribution in [2.24, 2.45) is 0 Å². The van der Waals surface area contributed by atoms with Gasteiger partial charge in [0.1, 0.15) is 48.8 Å². The van der Waals surface area contributed by atoms with Crippen molar-refractivity contribution in [3.8, 4) is 0 Å². The SMILES string of the molecule is CC/C=C\C/C=C\C/C=C\C/C=C\C/C=C\C/C=C\C/C=C\C/C=C\CCCCCCCCCCCCCCC(=O)NC(COC1OC(CO)C(OC2OC(CO)C(O)C(O)C2O)C(O)C1O)C(O)/C=C/CC/C=C/CCCCCCC. The molecule has 2 rings (SSSR count). The molecule has 2 aliphatic heterocycles. The lowest BCUT2D eigenvalue weighted by molar-refractivity contribution is -0.359. The number of allylic oxidation sites excluding steroid dienone is 19. The topological polar surface area (TPSA) is 228 Å². The Balaban J connectivity index is 1.62. The summed E-state index contributed by atoms with van der Waals surface area (Å²) in [4.78, 5) is 13.2. The summed E-state index contributed by atoms with van der Waals surface area (Å²) in [6.07, 6.45) is 58.4. The fraction of sp³-hybridized carbons (Fsp3) is 0.691. The van der Waals surface area contributed by atoms with Gasteiger partial charge in [-0.2, -0.15) is 0 Å². The van der Waals surface area contributed by atoms with E-state index >= 15 is 0 Å². The smallest absolute Gasteiger partial charge is 0.220 e. The second-order valence-corrected chi connectivity index (χ2v) is 21.8. The first kappa shape index (κ1) is 74.5. The molecular weight excluding hydrogens is 1040 g/mol. The monoisotopic (exact) mass is 1150 g/mol. The molecule has 2 heterocycles. The number of nitrogens with one attached hydrogen (secondary N) is 1. The third kappa shape index (κ3) is 36.3. The van der Waals surface area contributed by atoms with Gasteiger partial charge in [-0.25, -0.2) is 0 Å². The van der Waals surface area contributed by atoms with E-state index in [1.165, 1.54) is 83.5 Å². The molecule has 14 nitrogen and oxygen atoms in total. The van der Waals surface area contributed by atoms with Crippen LogP contribution in [-0.4, -0.2) is 140 Å². The maximum atomic E-state index is 13.2. The number of aliphatic hydroxyl groups is 8. The first-order valence-corrected chi connectivity index (χ1v) is 31.8. The zero-order valence-electron chi connectivity index (χ0n) is 50.4. The summed E-state index contributed by atoms with van der Waals surface area (Å²) >= 11 is 0. The summed E-state index contributed by atoms with van der Waals surface area (Å²) in [5.74, 6) is -0.258. The van der Waals surface area contributed by atoms with Crippen LogP contribution in [0.25, 0.3) is 0 Å². The maximum Gasteiger partial charge on any atom is 0.220 e. The lowest BCUT2D eigenvalue weighted by Gasteiger charge is -2.46. The van der Waals surface area contributed by atoms with Crippen LogP contribution in [0.15, 0.2) is 122 Å². The quantitative estimate of drug-likeness (QED) is 0.0204. The highest BCUT2D eigenvalue weighted by Gasteiger charge is 2.51. The Morgan fingerprint density at radius 1 is 0.451 bits per heavy atom. The standard InChI is InChI=1S/C68H113NO13/c1-3-5-7-9-11-13-15-16-17-18-19-20-21-22-23-24-25-26-27-28-29-30-31-32-33-34-35-36-37-38-39-40-42-44-46-48-50-52-60(73)69-56(57(72)51-49-47-45-43-41-14-12-10-8-6-4-2)55-79-67-65(78)63(76)66(59(54-71)81-67)82-68-64(77)62(75)61(74)58(53-70)80-68/h5,7,11,13,16-17,19-20,22-23,25-26,28-29,31-32,41,43,49,51,56-59,61-68,70-72,74-78H,3-4,6,8-10,12,14-15,18,21,24,27,30,33-40,42,44-48,50,52-55H2,1-2H3,(H,69,73)/b7-5-,13-11-,17-16-,20-19-,23-22-,26-25-,29-28-,32-31-,43-41+,51-49+. The molecule has 9 N–H and O–H groups in total. The van der Waals surface area contributed by atoms with Crippen LogP contribution in [0, 0.1) is 0 Å². The number of hydrogen-bond donors (Lipinski definition) is 9. The molecule has 468 valence electrons. The fourth-order valence-corrected chi connectivity index (χ4v) is 9.56.